The van der Waals surface area contributed by atoms with Gasteiger partial charge in [0.05, 0.1) is 11.5 Å². The van der Waals surface area contributed by atoms with E-state index >= 15 is 0 Å². The van der Waals surface area contributed by atoms with E-state index in [0.29, 0.717) is 0 Å². The summed E-state index contributed by atoms with van der Waals surface area (Å²) >= 11 is 0. The molecule has 0 rings (SSSR count). The fraction of sp³-hybridized carbons (Fsp3) is 0.400. The van der Waals surface area contributed by atoms with Crippen molar-refractivity contribution in [1.82, 2.24) is 0 Å². The number of aliphatic carboxylic acids is 2. The van der Waals surface area contributed by atoms with Crippen LogP contribution in [0.1, 0.15) is 26.7 Å². The van der Waals surface area contributed by atoms with Crippen molar-refractivity contribution in [1.29, 1.82) is 0 Å². The molecule has 7 heteroatoms. The minimum atomic E-state index is -1.18. The molecule has 0 aliphatic heterocycles. The van der Waals surface area contributed by atoms with E-state index < -0.39 is 11.9 Å². The van der Waals surface area contributed by atoms with Crippen LogP contribution in [0.2, 0.25) is 0 Å². The van der Waals surface area contributed by atoms with E-state index in [0.717, 1.165) is 0 Å². The average Bonchev–Trinajstić information content (AvgIpc) is 2.12. The molecule has 0 spiro atoms. The zero-order chi connectivity index (χ0) is 13.1. The van der Waals surface area contributed by atoms with Crippen molar-refractivity contribution in [2.24, 2.45) is 0 Å². The van der Waals surface area contributed by atoms with Gasteiger partial charge in [0, 0.05) is 24.8 Å². The van der Waals surface area contributed by atoms with E-state index in [2.05, 4.69) is 0 Å². The number of carbonyl (C=O) groups excluding carboxylic acids is 2. The van der Waals surface area contributed by atoms with Crippen molar-refractivity contribution in [3.63, 3.8) is 0 Å². The Morgan fingerprint density at radius 3 is 1.24 bits per heavy atom. The summed E-state index contributed by atoms with van der Waals surface area (Å²) in [7, 11) is 0. The van der Waals surface area contributed by atoms with Gasteiger partial charge in [-0.05, 0) is 26.0 Å². The second kappa shape index (κ2) is 13.3. The number of allylic oxidation sites excluding steroid dienone is 2. The molecule has 0 unspecified atom stereocenters. The van der Waals surface area contributed by atoms with Crippen molar-refractivity contribution in [3.05, 3.63) is 23.7 Å². The number of hydrogen-bond acceptors (Lipinski definition) is 6. The van der Waals surface area contributed by atoms with Crippen molar-refractivity contribution in [2.75, 3.05) is 0 Å². The van der Waals surface area contributed by atoms with Gasteiger partial charge in [-0.2, -0.15) is 0 Å². The first-order valence-electron chi connectivity index (χ1n) is 4.36. The Morgan fingerprint density at radius 2 is 1.18 bits per heavy atom. The van der Waals surface area contributed by atoms with E-state index in [1.165, 1.54) is 26.0 Å². The molecular weight excluding hydrogens is 256 g/mol. The smallest absolute Gasteiger partial charge is 0.550 e. The maximum absolute atomic E-state index is 9.64. The van der Waals surface area contributed by atoms with Crippen molar-refractivity contribution >= 4 is 49.7 Å². The summed E-state index contributed by atoms with van der Waals surface area (Å²) in [5, 5.41) is 36.0. The predicted octanol–water partition coefficient (Wildman–Crippen LogP) is -1.20. The average molecular weight is 270 g/mol. The van der Waals surface area contributed by atoms with Crippen molar-refractivity contribution < 1.29 is 30.0 Å². The number of aliphatic hydroxyl groups is 2. The van der Waals surface area contributed by atoms with Crippen LogP contribution in [0.5, 0.6) is 0 Å². The number of carbonyl (C=O) groups is 2. The second-order valence-electron chi connectivity index (χ2n) is 2.84. The summed E-state index contributed by atoms with van der Waals surface area (Å²) in [5.74, 6) is -2.35. The first-order chi connectivity index (χ1) is 7.25. The van der Waals surface area contributed by atoms with E-state index in [1.807, 2.05) is 0 Å². The number of aliphatic hydroxyl groups excluding tert-OH is 2. The molecule has 0 saturated heterocycles. The van der Waals surface area contributed by atoms with Gasteiger partial charge >= 0.3 is 37.7 Å². The molecule has 0 atom stereocenters. The number of rotatable bonds is 4. The molecule has 6 nitrogen and oxygen atoms in total. The van der Waals surface area contributed by atoms with Crippen LogP contribution in [-0.2, 0) is 9.59 Å². The molecule has 0 bridgehead atoms. The normalized spacial score (nSPS) is 10.7. The Morgan fingerprint density at radius 1 is 0.941 bits per heavy atom. The summed E-state index contributed by atoms with van der Waals surface area (Å²) in [6.07, 6.45) is 1.91. The molecule has 0 aliphatic rings. The second-order valence-corrected chi connectivity index (χ2v) is 2.84. The topological polar surface area (TPSA) is 121 Å². The summed E-state index contributed by atoms with van der Waals surface area (Å²) in [6.45, 7) is 2.81. The van der Waals surface area contributed by atoms with Gasteiger partial charge in [0.15, 0.2) is 0 Å². The molecule has 0 saturated carbocycles. The Balaban J connectivity index is -0.000000218. The Hall–Kier alpha value is -0.720. The summed E-state index contributed by atoms with van der Waals surface area (Å²) < 4.78 is 0. The molecule has 0 aromatic carbocycles. The maximum Gasteiger partial charge on any atom is 2.00 e. The van der Waals surface area contributed by atoms with Crippen LogP contribution >= 0.6 is 0 Å². The first-order valence-corrected chi connectivity index (χ1v) is 4.36. The third-order valence-electron chi connectivity index (χ3n) is 1.13. The predicted molar refractivity (Wildman–Crippen MR) is 57.8 cm³/mol. The quantitative estimate of drug-likeness (QED) is 0.488. The van der Waals surface area contributed by atoms with Crippen molar-refractivity contribution in [3.8, 4) is 0 Å². The number of carboxylic acid groups (broad SMARTS) is 2. The molecule has 0 amide bonds. The fourth-order valence-corrected chi connectivity index (χ4v) is 0.462. The summed E-state index contributed by atoms with van der Waals surface area (Å²) in [4.78, 5) is 19.3. The molecule has 0 fully saturated rings. The van der Waals surface area contributed by atoms with Crippen LogP contribution in [0.3, 0.4) is 0 Å². The maximum atomic E-state index is 9.64. The van der Waals surface area contributed by atoms with Crippen LogP contribution in [0.15, 0.2) is 23.7 Å². The number of carboxylic acids is 2. The molecular formula is C10H14CaO6. The molecule has 0 aromatic heterocycles. The van der Waals surface area contributed by atoms with Crippen LogP contribution < -0.4 is 10.2 Å². The summed E-state index contributed by atoms with van der Waals surface area (Å²) in [5.41, 5.74) is 0. The van der Waals surface area contributed by atoms with E-state index in [9.17, 15) is 19.8 Å². The Labute approximate surface area is 129 Å². The fourth-order valence-electron chi connectivity index (χ4n) is 0.462. The zero-order valence-corrected chi connectivity index (χ0v) is 12.0. The third-order valence-corrected chi connectivity index (χ3v) is 1.13. The van der Waals surface area contributed by atoms with E-state index in [-0.39, 0.29) is 62.1 Å². The van der Waals surface area contributed by atoms with Gasteiger partial charge in [-0.15, -0.1) is 0 Å². The Kier molecular flexibility index (Phi) is 16.9. The van der Waals surface area contributed by atoms with Crippen molar-refractivity contribution in [2.45, 2.75) is 26.7 Å². The number of hydrogen-bond donors (Lipinski definition) is 2. The molecule has 0 aromatic rings. The van der Waals surface area contributed by atoms with Gasteiger partial charge in [-0.25, -0.2) is 0 Å². The SMILES string of the molecule is CC(O)=CCC(=O)[O-].CC(O)=CCC(=O)[O-].[Ca+2]. The van der Waals surface area contributed by atoms with Gasteiger partial charge < -0.3 is 30.0 Å². The molecule has 92 valence electrons. The monoisotopic (exact) mass is 270 g/mol. The van der Waals surface area contributed by atoms with Crippen LogP contribution in [0.4, 0.5) is 0 Å². The van der Waals surface area contributed by atoms with Crippen LogP contribution in [0, 0.1) is 0 Å². The zero-order valence-electron chi connectivity index (χ0n) is 9.80. The molecule has 0 aliphatic carbocycles. The van der Waals surface area contributed by atoms with Gasteiger partial charge in [0.25, 0.3) is 0 Å². The van der Waals surface area contributed by atoms with Gasteiger partial charge in [0.2, 0.25) is 0 Å². The van der Waals surface area contributed by atoms with Crippen LogP contribution in [-0.4, -0.2) is 59.9 Å². The summed E-state index contributed by atoms with van der Waals surface area (Å²) in [6, 6.07) is 0. The Bertz CT molecular complexity index is 257. The molecule has 0 radical (unpaired) electrons. The molecule has 0 heterocycles. The minimum Gasteiger partial charge on any atom is -0.550 e. The van der Waals surface area contributed by atoms with Crippen LogP contribution in [0.25, 0.3) is 0 Å². The van der Waals surface area contributed by atoms with Gasteiger partial charge in [-0.1, -0.05) is 0 Å². The standard InChI is InChI=1S/2C5H8O3.Ca/c2*1-4(6)2-3-5(7)8;/h2*2,6H,3H2,1H3,(H,7,8);/q;;+2/p-2. The minimum absolute atomic E-state index is 0. The molecule has 17 heavy (non-hydrogen) atoms. The third kappa shape index (κ3) is 31.3. The van der Waals surface area contributed by atoms with E-state index in [4.69, 9.17) is 10.2 Å². The van der Waals surface area contributed by atoms with Gasteiger partial charge in [-0.3, -0.25) is 0 Å². The largest absolute Gasteiger partial charge is 2.00 e. The van der Waals surface area contributed by atoms with E-state index in [1.54, 1.807) is 0 Å². The first kappa shape index (κ1) is 21.6. The molecule has 2 N–H and O–H groups in total. The van der Waals surface area contributed by atoms with Gasteiger partial charge in [0.1, 0.15) is 0 Å².